The number of amides is 1. The van der Waals surface area contributed by atoms with Crippen molar-refractivity contribution in [3.8, 4) is 5.75 Å². The van der Waals surface area contributed by atoms with Crippen LogP contribution in [0.15, 0.2) is 54.6 Å². The Balaban J connectivity index is 0.00000272. The standard InChI is InChI=1S/C22H16F2N2O4.Na/c23-14-6-1-4-12(21(14)24)10-26-15-7-2-5-13(22(25)29)19(15)20-16(26)8-3-9-17(20)30-11-18(27)28;/h1-9H,10-11H2,(H2,25,29)(H,27,28);/q;+1/p-1. The number of carbonyl (C=O) groups excluding carboxylic acids is 2. The molecule has 0 spiro atoms. The zero-order chi connectivity index (χ0) is 21.4. The minimum absolute atomic E-state index is 0. The average Bonchev–Trinajstić information content (AvgIpc) is 3.04. The van der Waals surface area contributed by atoms with E-state index in [1.165, 1.54) is 18.2 Å². The summed E-state index contributed by atoms with van der Waals surface area (Å²) in [7, 11) is 0. The maximum Gasteiger partial charge on any atom is 1.00 e. The number of hydrogen-bond acceptors (Lipinski definition) is 4. The van der Waals surface area contributed by atoms with Crippen LogP contribution in [0.4, 0.5) is 8.78 Å². The Morgan fingerprint density at radius 1 is 0.968 bits per heavy atom. The minimum Gasteiger partial charge on any atom is -0.546 e. The van der Waals surface area contributed by atoms with Crippen molar-refractivity contribution in [1.82, 2.24) is 4.57 Å². The van der Waals surface area contributed by atoms with E-state index in [4.69, 9.17) is 10.5 Å². The summed E-state index contributed by atoms with van der Waals surface area (Å²) in [5, 5.41) is 11.8. The summed E-state index contributed by atoms with van der Waals surface area (Å²) >= 11 is 0. The molecule has 1 amide bonds. The number of aromatic nitrogens is 1. The number of carbonyl (C=O) groups is 2. The summed E-state index contributed by atoms with van der Waals surface area (Å²) in [5.74, 6) is -3.83. The fraction of sp³-hybridized carbons (Fsp3) is 0.0909. The van der Waals surface area contributed by atoms with Gasteiger partial charge in [0.05, 0.1) is 28.9 Å². The van der Waals surface area contributed by atoms with Gasteiger partial charge in [-0.05, 0) is 30.3 Å². The predicted octanol–water partition coefficient (Wildman–Crippen LogP) is -0.647. The van der Waals surface area contributed by atoms with Gasteiger partial charge in [-0.15, -0.1) is 0 Å². The van der Waals surface area contributed by atoms with Gasteiger partial charge in [0.15, 0.2) is 11.6 Å². The number of halogens is 2. The summed E-state index contributed by atoms with van der Waals surface area (Å²) in [6, 6.07) is 13.7. The minimum atomic E-state index is -1.41. The zero-order valence-electron chi connectivity index (χ0n) is 16.5. The molecule has 0 radical (unpaired) electrons. The second-order valence-corrected chi connectivity index (χ2v) is 6.67. The number of rotatable bonds is 6. The molecule has 0 aliphatic carbocycles. The van der Waals surface area contributed by atoms with E-state index in [0.29, 0.717) is 21.8 Å². The molecule has 0 bridgehead atoms. The monoisotopic (exact) mass is 432 g/mol. The van der Waals surface area contributed by atoms with Crippen LogP contribution in [-0.2, 0) is 11.3 Å². The number of benzene rings is 3. The topological polar surface area (TPSA) is 97.4 Å². The fourth-order valence-electron chi connectivity index (χ4n) is 3.63. The molecule has 6 nitrogen and oxygen atoms in total. The Morgan fingerprint density at radius 2 is 1.61 bits per heavy atom. The number of carboxylic acid groups (broad SMARTS) is 1. The maximum atomic E-state index is 14.3. The third-order valence-electron chi connectivity index (χ3n) is 4.85. The Labute approximate surface area is 197 Å². The van der Waals surface area contributed by atoms with Gasteiger partial charge in [-0.25, -0.2) is 8.78 Å². The molecule has 3 aromatic carbocycles. The van der Waals surface area contributed by atoms with E-state index in [1.54, 1.807) is 34.9 Å². The van der Waals surface area contributed by atoms with Gasteiger partial charge in [0, 0.05) is 16.5 Å². The zero-order valence-corrected chi connectivity index (χ0v) is 18.5. The molecule has 0 fully saturated rings. The van der Waals surface area contributed by atoms with Crippen LogP contribution in [0, 0.1) is 11.6 Å². The molecule has 0 unspecified atom stereocenters. The summed E-state index contributed by atoms with van der Waals surface area (Å²) in [4.78, 5) is 22.9. The molecular formula is C22H15F2N2NaO4. The molecule has 0 saturated heterocycles. The van der Waals surface area contributed by atoms with Crippen molar-refractivity contribution in [2.45, 2.75) is 6.54 Å². The largest absolute Gasteiger partial charge is 1.00 e. The van der Waals surface area contributed by atoms with E-state index in [9.17, 15) is 23.5 Å². The SMILES string of the molecule is NC(=O)c1cccc2c1c1c(OCC(=O)[O-])cccc1n2Cc1cccc(F)c1F.[Na+]. The molecule has 4 rings (SSSR count). The van der Waals surface area contributed by atoms with Crippen molar-refractivity contribution in [1.29, 1.82) is 0 Å². The molecule has 2 N–H and O–H groups in total. The summed E-state index contributed by atoms with van der Waals surface area (Å²) < 4.78 is 35.1. The summed E-state index contributed by atoms with van der Waals surface area (Å²) in [6.07, 6.45) is 0. The molecule has 0 aliphatic rings. The van der Waals surface area contributed by atoms with Gasteiger partial charge in [0.2, 0.25) is 5.91 Å². The van der Waals surface area contributed by atoms with E-state index >= 15 is 0 Å². The quantitative estimate of drug-likeness (QED) is 0.410. The second-order valence-electron chi connectivity index (χ2n) is 6.67. The normalized spacial score (nSPS) is 10.8. The number of fused-ring (bicyclic) bond motifs is 3. The molecular weight excluding hydrogens is 417 g/mol. The Hall–Kier alpha value is -2.94. The van der Waals surface area contributed by atoms with E-state index in [0.717, 1.165) is 6.07 Å². The maximum absolute atomic E-state index is 14.3. The van der Waals surface area contributed by atoms with Gasteiger partial charge in [-0.2, -0.15) is 0 Å². The van der Waals surface area contributed by atoms with Crippen molar-refractivity contribution in [2.24, 2.45) is 5.73 Å². The van der Waals surface area contributed by atoms with Crippen LogP contribution in [0.1, 0.15) is 15.9 Å². The van der Waals surface area contributed by atoms with Crippen molar-refractivity contribution in [3.63, 3.8) is 0 Å². The van der Waals surface area contributed by atoms with Crippen molar-refractivity contribution in [2.75, 3.05) is 6.61 Å². The summed E-state index contributed by atoms with van der Waals surface area (Å²) in [6.45, 7) is -0.723. The van der Waals surface area contributed by atoms with Crippen molar-refractivity contribution < 1.29 is 57.8 Å². The third kappa shape index (κ3) is 4.14. The second kappa shape index (κ2) is 9.05. The molecule has 1 heterocycles. The van der Waals surface area contributed by atoms with Crippen LogP contribution >= 0.6 is 0 Å². The van der Waals surface area contributed by atoms with Crippen molar-refractivity contribution >= 4 is 33.7 Å². The molecule has 31 heavy (non-hydrogen) atoms. The first-order chi connectivity index (χ1) is 14.4. The van der Waals surface area contributed by atoms with Gasteiger partial charge in [-0.3, -0.25) is 4.79 Å². The summed E-state index contributed by atoms with van der Waals surface area (Å²) in [5.41, 5.74) is 6.93. The molecule has 0 saturated carbocycles. The Kier molecular flexibility index (Phi) is 6.64. The molecule has 152 valence electrons. The number of ether oxygens (including phenoxy) is 1. The number of nitrogens with two attached hydrogens (primary N) is 1. The van der Waals surface area contributed by atoms with Crippen LogP contribution in [0.25, 0.3) is 21.8 Å². The Bertz CT molecular complexity index is 1320. The number of primary amides is 1. The average molecular weight is 432 g/mol. The predicted molar refractivity (Wildman–Crippen MR) is 104 cm³/mol. The first-order valence-corrected chi connectivity index (χ1v) is 8.97. The third-order valence-corrected chi connectivity index (χ3v) is 4.85. The number of nitrogens with zero attached hydrogens (tertiary/aromatic N) is 1. The van der Waals surface area contributed by atoms with Gasteiger partial charge >= 0.3 is 29.6 Å². The molecule has 1 aromatic heterocycles. The molecule has 0 aliphatic heterocycles. The van der Waals surface area contributed by atoms with E-state index < -0.39 is 30.1 Å². The van der Waals surface area contributed by atoms with Crippen molar-refractivity contribution in [3.05, 3.63) is 77.4 Å². The van der Waals surface area contributed by atoms with Crippen LogP contribution in [0.5, 0.6) is 5.75 Å². The van der Waals surface area contributed by atoms with Crippen LogP contribution in [0.3, 0.4) is 0 Å². The molecule has 9 heteroatoms. The molecule has 0 atom stereocenters. The van der Waals surface area contributed by atoms with Crippen LogP contribution in [0.2, 0.25) is 0 Å². The molecule has 4 aromatic rings. The van der Waals surface area contributed by atoms with Gasteiger partial charge in [0.25, 0.3) is 0 Å². The van der Waals surface area contributed by atoms with Crippen LogP contribution in [-0.4, -0.2) is 23.1 Å². The van der Waals surface area contributed by atoms with Crippen LogP contribution < -0.4 is 45.1 Å². The van der Waals surface area contributed by atoms with E-state index in [1.807, 2.05) is 0 Å². The van der Waals surface area contributed by atoms with Gasteiger partial charge in [-0.1, -0.05) is 24.3 Å². The number of hydrogen-bond donors (Lipinski definition) is 1. The first kappa shape index (κ1) is 22.7. The van der Waals surface area contributed by atoms with E-state index in [2.05, 4.69) is 0 Å². The Morgan fingerprint density at radius 3 is 2.29 bits per heavy atom. The van der Waals surface area contributed by atoms with Gasteiger partial charge < -0.3 is 24.9 Å². The fourth-order valence-corrected chi connectivity index (χ4v) is 3.63. The smallest absolute Gasteiger partial charge is 0.546 e. The van der Waals surface area contributed by atoms with Gasteiger partial charge in [0.1, 0.15) is 12.4 Å². The number of carboxylic acids is 1. The number of aliphatic carboxylic acids is 1. The van der Waals surface area contributed by atoms with E-state index in [-0.39, 0.29) is 53.0 Å². The first-order valence-electron chi connectivity index (χ1n) is 8.97.